The highest BCUT2D eigenvalue weighted by Crippen LogP contribution is 2.48. The van der Waals surface area contributed by atoms with Crippen LogP contribution in [0.15, 0.2) is 18.2 Å². The van der Waals surface area contributed by atoms with Crippen molar-refractivity contribution in [1.82, 2.24) is 0 Å². The molecule has 0 radical (unpaired) electrons. The Morgan fingerprint density at radius 1 is 1.37 bits per heavy atom. The van der Waals surface area contributed by atoms with Gasteiger partial charge in [0.25, 0.3) is 11.7 Å². The van der Waals surface area contributed by atoms with E-state index < -0.39 is 5.79 Å². The first kappa shape index (κ1) is 13.4. The van der Waals surface area contributed by atoms with Gasteiger partial charge in [-0.2, -0.15) is 0 Å². The summed E-state index contributed by atoms with van der Waals surface area (Å²) in [6, 6.07) is 5.44. The minimum atomic E-state index is -1.29. The molecule has 1 aromatic rings. The molecular weight excluding hydrogens is 334 g/mol. The predicted octanol–water partition coefficient (Wildman–Crippen LogP) is 2.67. The van der Waals surface area contributed by atoms with Crippen LogP contribution in [0.1, 0.15) is 12.0 Å². The number of alkyl halides is 1. The fourth-order valence-electron chi connectivity index (χ4n) is 2.56. The SMILES string of the molecule is O=C1N(CCBr)c2c(Cl)cccc2C12OCCCO2. The van der Waals surface area contributed by atoms with Gasteiger partial charge in [0.1, 0.15) is 0 Å². The van der Waals surface area contributed by atoms with Crippen molar-refractivity contribution in [2.75, 3.05) is 30.0 Å². The number of hydrogen-bond acceptors (Lipinski definition) is 3. The smallest absolute Gasteiger partial charge is 0.292 e. The van der Waals surface area contributed by atoms with E-state index in [2.05, 4.69) is 15.9 Å². The summed E-state index contributed by atoms with van der Waals surface area (Å²) in [7, 11) is 0. The second kappa shape index (κ2) is 5.05. The molecule has 0 N–H and O–H groups in total. The number of benzene rings is 1. The van der Waals surface area contributed by atoms with E-state index in [0.717, 1.165) is 6.42 Å². The number of ether oxygens (including phenoxy) is 2. The molecule has 2 aliphatic rings. The minimum Gasteiger partial charge on any atom is -0.338 e. The maximum atomic E-state index is 12.7. The van der Waals surface area contributed by atoms with Crippen LogP contribution in [-0.4, -0.2) is 31.0 Å². The zero-order valence-corrected chi connectivity index (χ0v) is 12.5. The van der Waals surface area contributed by atoms with Gasteiger partial charge in [-0.1, -0.05) is 39.7 Å². The van der Waals surface area contributed by atoms with E-state index in [1.807, 2.05) is 12.1 Å². The predicted molar refractivity (Wildman–Crippen MR) is 75.8 cm³/mol. The van der Waals surface area contributed by atoms with Crippen LogP contribution in [0.5, 0.6) is 0 Å². The molecule has 0 aliphatic carbocycles. The van der Waals surface area contributed by atoms with Gasteiger partial charge in [0.05, 0.1) is 23.9 Å². The lowest BCUT2D eigenvalue weighted by Gasteiger charge is -2.32. The number of amides is 1. The number of rotatable bonds is 2. The molecule has 19 heavy (non-hydrogen) atoms. The minimum absolute atomic E-state index is 0.185. The van der Waals surface area contributed by atoms with Gasteiger partial charge in [-0.25, -0.2) is 0 Å². The summed E-state index contributed by atoms with van der Waals surface area (Å²) in [5.41, 5.74) is 1.42. The second-order valence-electron chi connectivity index (χ2n) is 4.45. The van der Waals surface area contributed by atoms with Crippen LogP contribution in [0.2, 0.25) is 5.02 Å². The second-order valence-corrected chi connectivity index (χ2v) is 5.65. The van der Waals surface area contributed by atoms with E-state index in [1.165, 1.54) is 0 Å². The number of hydrogen-bond donors (Lipinski definition) is 0. The number of carbonyl (C=O) groups excluding carboxylic acids is 1. The molecule has 1 saturated heterocycles. The van der Waals surface area contributed by atoms with E-state index in [9.17, 15) is 4.79 Å². The van der Waals surface area contributed by atoms with Gasteiger partial charge < -0.3 is 14.4 Å². The summed E-state index contributed by atoms with van der Waals surface area (Å²) >= 11 is 9.60. The Kier molecular flexibility index (Phi) is 3.55. The van der Waals surface area contributed by atoms with Crippen LogP contribution in [0.4, 0.5) is 5.69 Å². The Hall–Kier alpha value is -0.620. The highest BCUT2D eigenvalue weighted by molar-refractivity contribution is 9.09. The van der Waals surface area contributed by atoms with Crippen LogP contribution in [0.25, 0.3) is 0 Å². The van der Waals surface area contributed by atoms with Crippen LogP contribution in [-0.2, 0) is 20.1 Å². The highest BCUT2D eigenvalue weighted by Gasteiger charge is 2.55. The first-order valence-electron chi connectivity index (χ1n) is 6.15. The Balaban J connectivity index is 2.14. The summed E-state index contributed by atoms with van der Waals surface area (Å²) in [5.74, 6) is -1.48. The van der Waals surface area contributed by atoms with E-state index in [0.29, 0.717) is 41.4 Å². The molecule has 0 atom stereocenters. The number of anilines is 1. The van der Waals surface area contributed by atoms with Gasteiger partial charge in [-0.15, -0.1) is 0 Å². The molecule has 1 fully saturated rings. The van der Waals surface area contributed by atoms with E-state index >= 15 is 0 Å². The van der Waals surface area contributed by atoms with Crippen molar-refractivity contribution in [1.29, 1.82) is 0 Å². The normalized spacial score (nSPS) is 20.9. The first-order valence-corrected chi connectivity index (χ1v) is 7.65. The average molecular weight is 347 g/mol. The summed E-state index contributed by atoms with van der Waals surface area (Å²) in [6.45, 7) is 1.56. The summed E-state index contributed by atoms with van der Waals surface area (Å²) < 4.78 is 11.4. The van der Waals surface area contributed by atoms with Crippen molar-refractivity contribution in [2.45, 2.75) is 12.2 Å². The Bertz CT molecular complexity index is 517. The molecule has 1 aromatic carbocycles. The largest absolute Gasteiger partial charge is 0.338 e. The fraction of sp³-hybridized carbons (Fsp3) is 0.462. The van der Waals surface area contributed by atoms with Crippen LogP contribution in [0.3, 0.4) is 0 Å². The van der Waals surface area contributed by atoms with Gasteiger partial charge >= 0.3 is 0 Å². The lowest BCUT2D eigenvalue weighted by atomic mass is 10.1. The van der Waals surface area contributed by atoms with Gasteiger partial charge in [0.15, 0.2) is 0 Å². The Morgan fingerprint density at radius 3 is 2.79 bits per heavy atom. The van der Waals surface area contributed by atoms with Crippen molar-refractivity contribution >= 4 is 39.1 Å². The van der Waals surface area contributed by atoms with Crippen molar-refractivity contribution in [3.63, 3.8) is 0 Å². The lowest BCUT2D eigenvalue weighted by molar-refractivity contribution is -0.256. The molecule has 0 bridgehead atoms. The molecule has 2 aliphatic heterocycles. The molecule has 6 heteroatoms. The van der Waals surface area contributed by atoms with Crippen LogP contribution < -0.4 is 4.90 Å². The van der Waals surface area contributed by atoms with E-state index in [-0.39, 0.29) is 5.91 Å². The maximum absolute atomic E-state index is 12.7. The van der Waals surface area contributed by atoms with Crippen molar-refractivity contribution in [3.8, 4) is 0 Å². The summed E-state index contributed by atoms with van der Waals surface area (Å²) in [6.07, 6.45) is 0.795. The Labute approximate surface area is 124 Å². The average Bonchev–Trinajstić information content (AvgIpc) is 2.65. The van der Waals surface area contributed by atoms with Crippen molar-refractivity contribution in [3.05, 3.63) is 28.8 Å². The molecule has 1 amide bonds. The molecule has 2 heterocycles. The van der Waals surface area contributed by atoms with Crippen LogP contribution >= 0.6 is 27.5 Å². The molecule has 1 spiro atoms. The number of carbonyl (C=O) groups is 1. The lowest BCUT2D eigenvalue weighted by Crippen LogP contribution is -2.47. The molecule has 0 aromatic heterocycles. The van der Waals surface area contributed by atoms with Gasteiger partial charge in [-0.05, 0) is 12.5 Å². The molecule has 4 nitrogen and oxygen atoms in total. The fourth-order valence-corrected chi connectivity index (χ4v) is 3.19. The molecule has 0 saturated carbocycles. The highest BCUT2D eigenvalue weighted by atomic mass is 79.9. The molecular formula is C13H13BrClNO3. The quantitative estimate of drug-likeness (QED) is 0.773. The van der Waals surface area contributed by atoms with E-state index in [1.54, 1.807) is 11.0 Å². The van der Waals surface area contributed by atoms with Crippen molar-refractivity contribution < 1.29 is 14.3 Å². The molecule has 102 valence electrons. The third kappa shape index (κ3) is 1.91. The number of fused-ring (bicyclic) bond motifs is 2. The first-order chi connectivity index (χ1) is 9.20. The summed E-state index contributed by atoms with van der Waals surface area (Å²) in [5, 5.41) is 1.21. The van der Waals surface area contributed by atoms with Gasteiger partial charge in [-0.3, -0.25) is 4.79 Å². The standard InChI is InChI=1S/C13H13BrClNO3/c14-5-6-16-11-9(3-1-4-10(11)15)13(12(16)17)18-7-2-8-19-13/h1,3-4H,2,5-8H2. The zero-order chi connectivity index (χ0) is 13.5. The van der Waals surface area contributed by atoms with E-state index in [4.69, 9.17) is 21.1 Å². The monoisotopic (exact) mass is 345 g/mol. The third-order valence-electron chi connectivity index (χ3n) is 3.35. The zero-order valence-electron chi connectivity index (χ0n) is 10.2. The number of nitrogens with zero attached hydrogens (tertiary/aromatic N) is 1. The topological polar surface area (TPSA) is 38.8 Å². The Morgan fingerprint density at radius 2 is 2.11 bits per heavy atom. The molecule has 3 rings (SSSR count). The van der Waals surface area contributed by atoms with Crippen LogP contribution in [0, 0.1) is 0 Å². The van der Waals surface area contributed by atoms with Crippen molar-refractivity contribution in [2.24, 2.45) is 0 Å². The maximum Gasteiger partial charge on any atom is 0.292 e. The van der Waals surface area contributed by atoms with Gasteiger partial charge in [0.2, 0.25) is 0 Å². The van der Waals surface area contributed by atoms with Gasteiger partial charge in [0, 0.05) is 17.4 Å². The third-order valence-corrected chi connectivity index (χ3v) is 4.01. The summed E-state index contributed by atoms with van der Waals surface area (Å²) in [4.78, 5) is 14.3. The molecule has 0 unspecified atom stereocenters. The number of halogens is 2. The number of para-hydroxylation sites is 1.